The van der Waals surface area contributed by atoms with Gasteiger partial charge in [0.2, 0.25) is 0 Å². The summed E-state index contributed by atoms with van der Waals surface area (Å²) in [5.41, 5.74) is 8.08. The lowest BCUT2D eigenvalue weighted by Crippen LogP contribution is -1.91. The van der Waals surface area contributed by atoms with Crippen LogP contribution in [-0.4, -0.2) is 5.16 Å². The molecule has 0 aliphatic carbocycles. The van der Waals surface area contributed by atoms with Crippen molar-refractivity contribution in [2.75, 3.05) is 5.73 Å². The fourth-order valence-corrected chi connectivity index (χ4v) is 2.16. The summed E-state index contributed by atoms with van der Waals surface area (Å²) in [6.07, 6.45) is 0. The quantitative estimate of drug-likeness (QED) is 0.769. The number of benzene rings is 2. The molecular weight excluding hydrogens is 274 g/mol. The molecule has 0 bridgehead atoms. The van der Waals surface area contributed by atoms with Crippen molar-refractivity contribution in [3.63, 3.8) is 0 Å². The van der Waals surface area contributed by atoms with Gasteiger partial charge in [0.1, 0.15) is 11.6 Å². The van der Waals surface area contributed by atoms with Gasteiger partial charge in [0.15, 0.2) is 11.6 Å². The van der Waals surface area contributed by atoms with Gasteiger partial charge in [-0.15, -0.1) is 0 Å². The number of rotatable bonds is 2. The number of nitrogen functional groups attached to an aromatic ring is 1. The topological polar surface area (TPSA) is 52.0 Å². The Hall–Kier alpha value is -2.69. The van der Waals surface area contributed by atoms with Gasteiger partial charge in [-0.05, 0) is 30.7 Å². The van der Waals surface area contributed by atoms with Crippen LogP contribution >= 0.6 is 0 Å². The molecule has 1 heterocycles. The molecule has 1 aromatic heterocycles. The van der Waals surface area contributed by atoms with Crippen LogP contribution in [0.15, 0.2) is 47.0 Å². The number of hydrogen-bond donors (Lipinski definition) is 1. The second kappa shape index (κ2) is 5.01. The van der Waals surface area contributed by atoms with E-state index in [1.807, 2.05) is 31.2 Å². The number of nitrogens with two attached hydrogens (primary N) is 1. The maximum Gasteiger partial charge on any atom is 0.179 e. The van der Waals surface area contributed by atoms with Gasteiger partial charge < -0.3 is 10.3 Å². The van der Waals surface area contributed by atoms with Gasteiger partial charge in [-0.1, -0.05) is 35.0 Å². The van der Waals surface area contributed by atoms with Gasteiger partial charge in [0, 0.05) is 0 Å². The van der Waals surface area contributed by atoms with Crippen molar-refractivity contribution in [3.05, 3.63) is 59.7 Å². The first-order valence-electron chi connectivity index (χ1n) is 6.34. The van der Waals surface area contributed by atoms with Crippen LogP contribution in [0.2, 0.25) is 0 Å². The van der Waals surface area contributed by atoms with Crippen molar-refractivity contribution in [1.29, 1.82) is 0 Å². The number of hydrogen-bond acceptors (Lipinski definition) is 3. The van der Waals surface area contributed by atoms with E-state index in [2.05, 4.69) is 5.16 Å². The monoisotopic (exact) mass is 286 g/mol. The number of anilines is 1. The molecule has 0 saturated heterocycles. The van der Waals surface area contributed by atoms with E-state index in [0.717, 1.165) is 29.3 Å². The molecule has 21 heavy (non-hydrogen) atoms. The van der Waals surface area contributed by atoms with Crippen LogP contribution in [0.25, 0.3) is 22.5 Å². The molecule has 0 spiro atoms. The summed E-state index contributed by atoms with van der Waals surface area (Å²) in [4.78, 5) is 0. The fraction of sp³-hybridized carbons (Fsp3) is 0.0625. The zero-order chi connectivity index (χ0) is 15.0. The standard InChI is InChI=1S/C16H12F2N2O/c1-9-2-4-10(5-3-9)14-15(21-20-16(14)19)12-8-11(17)6-7-13(12)18/h2-8H,1H3,(H2,19,20). The molecule has 106 valence electrons. The van der Waals surface area contributed by atoms with Gasteiger partial charge in [-0.2, -0.15) is 0 Å². The van der Waals surface area contributed by atoms with Crippen molar-refractivity contribution < 1.29 is 13.3 Å². The number of halogens is 2. The van der Waals surface area contributed by atoms with E-state index >= 15 is 0 Å². The van der Waals surface area contributed by atoms with E-state index in [0.29, 0.717) is 5.56 Å². The molecule has 0 saturated carbocycles. The Balaban J connectivity index is 2.21. The number of nitrogens with zero attached hydrogens (tertiary/aromatic N) is 1. The highest BCUT2D eigenvalue weighted by molar-refractivity contribution is 5.86. The lowest BCUT2D eigenvalue weighted by molar-refractivity contribution is 0.433. The maximum absolute atomic E-state index is 13.9. The van der Waals surface area contributed by atoms with Gasteiger partial charge in [-0.25, -0.2) is 8.78 Å². The highest BCUT2D eigenvalue weighted by Gasteiger charge is 2.20. The molecule has 0 fully saturated rings. The average Bonchev–Trinajstić information content (AvgIpc) is 2.84. The minimum absolute atomic E-state index is 0.00484. The summed E-state index contributed by atoms with van der Waals surface area (Å²) < 4.78 is 32.4. The third kappa shape index (κ3) is 2.38. The molecule has 5 heteroatoms. The molecule has 0 radical (unpaired) electrons. The Bertz CT molecular complexity index is 795. The van der Waals surface area contributed by atoms with Crippen LogP contribution in [0.3, 0.4) is 0 Å². The van der Waals surface area contributed by atoms with Crippen molar-refractivity contribution in [3.8, 4) is 22.5 Å². The van der Waals surface area contributed by atoms with Crippen LogP contribution in [0.4, 0.5) is 14.6 Å². The number of aromatic nitrogens is 1. The summed E-state index contributed by atoms with van der Waals surface area (Å²) in [5, 5.41) is 3.68. The van der Waals surface area contributed by atoms with E-state index in [1.165, 1.54) is 0 Å². The molecular formula is C16H12F2N2O. The van der Waals surface area contributed by atoms with Gasteiger partial charge >= 0.3 is 0 Å². The molecule has 0 aliphatic heterocycles. The predicted molar refractivity (Wildman–Crippen MR) is 76.4 cm³/mol. The Morgan fingerprint density at radius 2 is 1.76 bits per heavy atom. The highest BCUT2D eigenvalue weighted by Crippen LogP contribution is 2.37. The molecule has 0 atom stereocenters. The Labute approximate surface area is 120 Å². The second-order valence-electron chi connectivity index (χ2n) is 4.76. The second-order valence-corrected chi connectivity index (χ2v) is 4.76. The normalized spacial score (nSPS) is 10.8. The highest BCUT2D eigenvalue weighted by atomic mass is 19.1. The van der Waals surface area contributed by atoms with Crippen LogP contribution in [-0.2, 0) is 0 Å². The minimum Gasteiger partial charge on any atom is -0.380 e. The van der Waals surface area contributed by atoms with Crippen LogP contribution in [0.1, 0.15) is 5.56 Å². The maximum atomic E-state index is 13.9. The van der Waals surface area contributed by atoms with E-state index in [-0.39, 0.29) is 17.1 Å². The summed E-state index contributed by atoms with van der Waals surface area (Å²) >= 11 is 0. The molecule has 3 nitrogen and oxygen atoms in total. The van der Waals surface area contributed by atoms with Crippen LogP contribution in [0, 0.1) is 18.6 Å². The Morgan fingerprint density at radius 1 is 1.05 bits per heavy atom. The molecule has 2 N–H and O–H groups in total. The van der Waals surface area contributed by atoms with Crippen LogP contribution in [0.5, 0.6) is 0 Å². The minimum atomic E-state index is -0.596. The Morgan fingerprint density at radius 3 is 2.48 bits per heavy atom. The fourth-order valence-electron chi connectivity index (χ4n) is 2.16. The first-order chi connectivity index (χ1) is 10.1. The number of aryl methyl sites for hydroxylation is 1. The Kier molecular flexibility index (Phi) is 3.17. The SMILES string of the molecule is Cc1ccc(-c2c(N)noc2-c2cc(F)ccc2F)cc1. The van der Waals surface area contributed by atoms with Gasteiger partial charge in [0.05, 0.1) is 11.1 Å². The lowest BCUT2D eigenvalue weighted by Gasteiger charge is -2.04. The molecule has 0 aliphatic rings. The van der Waals surface area contributed by atoms with E-state index < -0.39 is 11.6 Å². The van der Waals surface area contributed by atoms with Crippen molar-refractivity contribution in [2.24, 2.45) is 0 Å². The third-order valence-electron chi connectivity index (χ3n) is 3.23. The first-order valence-corrected chi connectivity index (χ1v) is 6.34. The van der Waals surface area contributed by atoms with Gasteiger partial charge in [0.25, 0.3) is 0 Å². The molecule has 0 unspecified atom stereocenters. The lowest BCUT2D eigenvalue weighted by atomic mass is 10.0. The third-order valence-corrected chi connectivity index (χ3v) is 3.23. The van der Waals surface area contributed by atoms with Crippen molar-refractivity contribution >= 4 is 5.82 Å². The van der Waals surface area contributed by atoms with Crippen molar-refractivity contribution in [1.82, 2.24) is 5.16 Å². The van der Waals surface area contributed by atoms with E-state index in [4.69, 9.17) is 10.3 Å². The van der Waals surface area contributed by atoms with E-state index in [9.17, 15) is 8.78 Å². The smallest absolute Gasteiger partial charge is 0.179 e. The molecule has 2 aromatic carbocycles. The summed E-state index contributed by atoms with van der Waals surface area (Å²) in [7, 11) is 0. The van der Waals surface area contributed by atoms with E-state index in [1.54, 1.807) is 0 Å². The zero-order valence-electron chi connectivity index (χ0n) is 11.2. The van der Waals surface area contributed by atoms with Crippen LogP contribution < -0.4 is 5.73 Å². The summed E-state index contributed by atoms with van der Waals surface area (Å²) in [6.45, 7) is 1.95. The first kappa shape index (κ1) is 13.3. The largest absolute Gasteiger partial charge is 0.380 e. The molecule has 3 rings (SSSR count). The zero-order valence-corrected chi connectivity index (χ0v) is 11.2. The van der Waals surface area contributed by atoms with Gasteiger partial charge in [-0.3, -0.25) is 0 Å². The molecule has 3 aromatic rings. The summed E-state index contributed by atoms with van der Waals surface area (Å²) in [5.74, 6) is -0.900. The van der Waals surface area contributed by atoms with Crippen molar-refractivity contribution in [2.45, 2.75) is 6.92 Å². The predicted octanol–water partition coefficient (Wildman–Crippen LogP) is 4.18. The summed E-state index contributed by atoms with van der Waals surface area (Å²) in [6, 6.07) is 10.6. The molecule has 0 amide bonds. The average molecular weight is 286 g/mol.